The summed E-state index contributed by atoms with van der Waals surface area (Å²) in [4.78, 5) is 3.75. The summed E-state index contributed by atoms with van der Waals surface area (Å²) in [6.07, 6.45) is -3.70. The zero-order valence-corrected chi connectivity index (χ0v) is 13.1. The molecule has 0 unspecified atom stereocenters. The molecule has 0 fully saturated rings. The first-order valence-corrected chi connectivity index (χ1v) is 7.42. The maximum absolute atomic E-state index is 13.6. The van der Waals surface area contributed by atoms with E-state index in [9.17, 15) is 22.7 Å². The lowest BCUT2D eigenvalue weighted by Gasteiger charge is -2.15. The van der Waals surface area contributed by atoms with Crippen molar-refractivity contribution in [2.24, 2.45) is 0 Å². The SMILES string of the molecule is N=Cc1c(O)nc(OCc2ccccc2C(F)(F)F)c2cc(F)ccc12. The highest BCUT2D eigenvalue weighted by Crippen LogP contribution is 2.34. The highest BCUT2D eigenvalue weighted by atomic mass is 19.4. The highest BCUT2D eigenvalue weighted by molar-refractivity contribution is 6.02. The molecule has 26 heavy (non-hydrogen) atoms. The Morgan fingerprint density at radius 2 is 1.85 bits per heavy atom. The molecular weight excluding hydrogens is 352 g/mol. The van der Waals surface area contributed by atoms with Crippen LogP contribution >= 0.6 is 0 Å². The molecule has 8 heteroatoms. The van der Waals surface area contributed by atoms with Crippen molar-refractivity contribution in [2.75, 3.05) is 0 Å². The van der Waals surface area contributed by atoms with Crippen LogP contribution in [-0.2, 0) is 12.8 Å². The Hall–Kier alpha value is -3.16. The smallest absolute Gasteiger partial charge is 0.416 e. The number of fused-ring (bicyclic) bond motifs is 1. The average molecular weight is 364 g/mol. The number of ether oxygens (including phenoxy) is 1. The normalized spacial score (nSPS) is 11.5. The van der Waals surface area contributed by atoms with E-state index in [-0.39, 0.29) is 22.4 Å². The summed E-state index contributed by atoms with van der Waals surface area (Å²) in [5.74, 6) is -1.36. The van der Waals surface area contributed by atoms with Crippen molar-refractivity contribution in [3.63, 3.8) is 0 Å². The van der Waals surface area contributed by atoms with Gasteiger partial charge in [-0.3, -0.25) is 0 Å². The van der Waals surface area contributed by atoms with Crippen LogP contribution in [0, 0.1) is 11.2 Å². The van der Waals surface area contributed by atoms with E-state index in [1.165, 1.54) is 24.3 Å². The molecule has 0 amide bonds. The summed E-state index contributed by atoms with van der Waals surface area (Å²) in [6.45, 7) is -0.475. The zero-order valence-electron chi connectivity index (χ0n) is 13.1. The van der Waals surface area contributed by atoms with Gasteiger partial charge in [0.05, 0.1) is 11.1 Å². The zero-order chi connectivity index (χ0) is 18.9. The van der Waals surface area contributed by atoms with Crippen molar-refractivity contribution in [2.45, 2.75) is 12.8 Å². The molecule has 0 aliphatic carbocycles. The Bertz CT molecular complexity index is 987. The molecule has 0 atom stereocenters. The molecule has 2 aromatic carbocycles. The van der Waals surface area contributed by atoms with Gasteiger partial charge in [-0.25, -0.2) is 4.39 Å². The Kier molecular flexibility index (Phi) is 4.50. The predicted octanol–water partition coefficient (Wildman–Crippen LogP) is 4.67. The second-order valence-electron chi connectivity index (χ2n) is 5.43. The number of hydrogen-bond acceptors (Lipinski definition) is 4. The van der Waals surface area contributed by atoms with Gasteiger partial charge in [0.25, 0.3) is 0 Å². The van der Waals surface area contributed by atoms with Gasteiger partial charge in [-0.15, -0.1) is 0 Å². The van der Waals surface area contributed by atoms with Gasteiger partial charge in [-0.1, -0.05) is 24.3 Å². The third kappa shape index (κ3) is 3.30. The number of aromatic hydroxyl groups is 1. The molecule has 0 spiro atoms. The number of nitrogens with zero attached hydrogens (tertiary/aromatic N) is 1. The second kappa shape index (κ2) is 6.62. The molecule has 134 valence electrons. The van der Waals surface area contributed by atoms with Crippen LogP contribution < -0.4 is 4.74 Å². The largest absolute Gasteiger partial charge is 0.493 e. The maximum Gasteiger partial charge on any atom is 0.416 e. The number of alkyl halides is 3. The predicted molar refractivity (Wildman–Crippen MR) is 87.0 cm³/mol. The van der Waals surface area contributed by atoms with E-state index in [0.29, 0.717) is 5.39 Å². The summed E-state index contributed by atoms with van der Waals surface area (Å²) >= 11 is 0. The summed E-state index contributed by atoms with van der Waals surface area (Å²) < 4.78 is 58.1. The fraction of sp³-hybridized carbons (Fsp3) is 0.111. The van der Waals surface area contributed by atoms with Crippen LogP contribution in [0.15, 0.2) is 42.5 Å². The van der Waals surface area contributed by atoms with E-state index >= 15 is 0 Å². The number of aromatic nitrogens is 1. The fourth-order valence-corrected chi connectivity index (χ4v) is 2.59. The summed E-state index contributed by atoms with van der Waals surface area (Å²) in [5, 5.41) is 17.7. The lowest BCUT2D eigenvalue weighted by Crippen LogP contribution is -2.11. The van der Waals surface area contributed by atoms with Gasteiger partial charge < -0.3 is 15.3 Å². The van der Waals surface area contributed by atoms with Crippen LogP contribution in [0.1, 0.15) is 16.7 Å². The molecule has 0 radical (unpaired) electrons. The third-order valence-corrected chi connectivity index (χ3v) is 3.78. The van der Waals surface area contributed by atoms with Crippen LogP contribution in [0.25, 0.3) is 10.8 Å². The van der Waals surface area contributed by atoms with Crippen molar-refractivity contribution < 1.29 is 27.4 Å². The van der Waals surface area contributed by atoms with Gasteiger partial charge in [0.15, 0.2) is 0 Å². The monoisotopic (exact) mass is 364 g/mol. The first kappa shape index (κ1) is 17.7. The Morgan fingerprint density at radius 3 is 2.54 bits per heavy atom. The minimum absolute atomic E-state index is 0.0584. The molecule has 1 aromatic heterocycles. The lowest BCUT2D eigenvalue weighted by atomic mass is 10.1. The van der Waals surface area contributed by atoms with E-state index in [0.717, 1.165) is 24.4 Å². The first-order chi connectivity index (χ1) is 12.3. The molecule has 3 aromatic rings. The molecule has 0 saturated heterocycles. The second-order valence-corrected chi connectivity index (χ2v) is 5.43. The standard InChI is InChI=1S/C18H12F4N2O2/c19-11-5-6-12-13(7-11)17(24-16(25)14(12)8-23)26-9-10-3-1-2-4-15(10)18(20,21)22/h1-8,23H,9H2,(H,24,25). The van der Waals surface area contributed by atoms with E-state index < -0.39 is 30.0 Å². The fourth-order valence-electron chi connectivity index (χ4n) is 2.59. The van der Waals surface area contributed by atoms with Crippen molar-refractivity contribution in [1.29, 1.82) is 5.41 Å². The van der Waals surface area contributed by atoms with Crippen LogP contribution in [0.3, 0.4) is 0 Å². The Balaban J connectivity index is 2.03. The number of halogens is 4. The van der Waals surface area contributed by atoms with Gasteiger partial charge in [-0.05, 0) is 18.2 Å². The Labute approximate surface area is 145 Å². The maximum atomic E-state index is 13.6. The number of pyridine rings is 1. The highest BCUT2D eigenvalue weighted by Gasteiger charge is 2.33. The van der Waals surface area contributed by atoms with Crippen LogP contribution in [0.5, 0.6) is 11.8 Å². The molecule has 0 aliphatic heterocycles. The molecule has 0 saturated carbocycles. The molecule has 3 rings (SSSR count). The lowest BCUT2D eigenvalue weighted by molar-refractivity contribution is -0.138. The quantitative estimate of drug-likeness (QED) is 0.522. The van der Waals surface area contributed by atoms with E-state index in [2.05, 4.69) is 4.98 Å². The van der Waals surface area contributed by atoms with Crippen molar-refractivity contribution in [3.8, 4) is 11.8 Å². The minimum atomic E-state index is -4.55. The van der Waals surface area contributed by atoms with Crippen LogP contribution in [-0.4, -0.2) is 16.3 Å². The van der Waals surface area contributed by atoms with E-state index in [1.807, 2.05) is 0 Å². The van der Waals surface area contributed by atoms with Gasteiger partial charge >= 0.3 is 6.18 Å². The molecular formula is C18H12F4N2O2. The molecule has 4 nitrogen and oxygen atoms in total. The van der Waals surface area contributed by atoms with Crippen molar-refractivity contribution in [1.82, 2.24) is 4.98 Å². The number of benzene rings is 2. The molecule has 2 N–H and O–H groups in total. The van der Waals surface area contributed by atoms with E-state index in [1.54, 1.807) is 0 Å². The van der Waals surface area contributed by atoms with Crippen molar-refractivity contribution in [3.05, 3.63) is 65.0 Å². The third-order valence-electron chi connectivity index (χ3n) is 3.78. The van der Waals surface area contributed by atoms with Crippen LogP contribution in [0.4, 0.5) is 17.6 Å². The molecule has 0 bridgehead atoms. The molecule has 1 heterocycles. The average Bonchev–Trinajstić information content (AvgIpc) is 2.59. The first-order valence-electron chi connectivity index (χ1n) is 7.42. The summed E-state index contributed by atoms with van der Waals surface area (Å²) in [7, 11) is 0. The number of rotatable bonds is 4. The van der Waals surface area contributed by atoms with Gasteiger partial charge in [-0.2, -0.15) is 18.2 Å². The van der Waals surface area contributed by atoms with Crippen molar-refractivity contribution >= 4 is 17.0 Å². The van der Waals surface area contributed by atoms with Gasteiger partial charge in [0.2, 0.25) is 11.8 Å². The van der Waals surface area contributed by atoms with Crippen LogP contribution in [0.2, 0.25) is 0 Å². The number of nitrogens with one attached hydrogen (secondary N) is 1. The van der Waals surface area contributed by atoms with Gasteiger partial charge in [0, 0.05) is 22.6 Å². The summed E-state index contributed by atoms with van der Waals surface area (Å²) in [6, 6.07) is 8.45. The van der Waals surface area contributed by atoms with E-state index in [4.69, 9.17) is 10.1 Å². The van der Waals surface area contributed by atoms with Gasteiger partial charge in [0.1, 0.15) is 12.4 Å². The summed E-state index contributed by atoms with van der Waals surface area (Å²) in [5.41, 5.74) is -0.916. The minimum Gasteiger partial charge on any atom is -0.493 e. The molecule has 0 aliphatic rings. The number of hydrogen-bond donors (Lipinski definition) is 2. The Morgan fingerprint density at radius 1 is 1.12 bits per heavy atom. The topological polar surface area (TPSA) is 66.2 Å².